The number of hydrogen-bond donors (Lipinski definition) is 2. The number of likely N-dealkylation sites (N-methyl/N-ethyl adjacent to an activating group) is 1. The van der Waals surface area contributed by atoms with Crippen LogP contribution in [0.1, 0.15) is 65.2 Å². The summed E-state index contributed by atoms with van der Waals surface area (Å²) in [4.78, 5) is 54.1. The SMILES string of the molecule is CCCN(CC)C(=O)[C@@H]1OC(C(=O)OC(c2ccccc2)c2ccccc2)=C[C@H](NC(=O)OC(C)(C)C)[C@H]1NC(C)=O. The van der Waals surface area contributed by atoms with Gasteiger partial charge in [-0.05, 0) is 51.3 Å². The van der Waals surface area contributed by atoms with Crippen LogP contribution in [0.25, 0.3) is 0 Å². The number of hydrogen-bond acceptors (Lipinski definition) is 7. The molecule has 0 bridgehead atoms. The molecule has 3 amide bonds. The Bertz CT molecular complexity index is 1220. The molecule has 1 aliphatic heterocycles. The van der Waals surface area contributed by atoms with Crippen LogP contribution in [0.5, 0.6) is 0 Å². The van der Waals surface area contributed by atoms with Crippen LogP contribution in [0.15, 0.2) is 72.5 Å². The summed E-state index contributed by atoms with van der Waals surface area (Å²) in [6.45, 7) is 11.0. The Kier molecular flexibility index (Phi) is 11.1. The first-order chi connectivity index (χ1) is 19.9. The maximum atomic E-state index is 13.7. The number of amides is 3. The molecular weight excluding hydrogens is 538 g/mol. The van der Waals surface area contributed by atoms with Crippen molar-refractivity contribution in [3.8, 4) is 0 Å². The fourth-order valence-electron chi connectivity index (χ4n) is 4.62. The monoisotopic (exact) mass is 579 g/mol. The molecule has 3 rings (SSSR count). The van der Waals surface area contributed by atoms with Gasteiger partial charge in [0.25, 0.3) is 5.91 Å². The van der Waals surface area contributed by atoms with Crippen molar-refractivity contribution in [1.29, 1.82) is 0 Å². The molecule has 2 N–H and O–H groups in total. The summed E-state index contributed by atoms with van der Waals surface area (Å²) < 4.78 is 17.4. The minimum atomic E-state index is -1.32. The average molecular weight is 580 g/mol. The first-order valence-corrected chi connectivity index (χ1v) is 14.2. The second-order valence-electron chi connectivity index (χ2n) is 11.0. The highest BCUT2D eigenvalue weighted by Crippen LogP contribution is 2.29. The first kappa shape index (κ1) is 32.2. The van der Waals surface area contributed by atoms with Gasteiger partial charge in [0.15, 0.2) is 12.2 Å². The normalized spacial score (nSPS) is 18.3. The summed E-state index contributed by atoms with van der Waals surface area (Å²) in [5, 5.41) is 5.42. The van der Waals surface area contributed by atoms with Gasteiger partial charge in [0.2, 0.25) is 11.7 Å². The van der Waals surface area contributed by atoms with Gasteiger partial charge in [-0.2, -0.15) is 0 Å². The number of rotatable bonds is 10. The number of nitrogens with zero attached hydrogens (tertiary/aromatic N) is 1. The minimum Gasteiger partial charge on any atom is -0.471 e. The van der Waals surface area contributed by atoms with E-state index in [9.17, 15) is 19.2 Å². The smallest absolute Gasteiger partial charge is 0.408 e. The molecule has 3 atom stereocenters. The zero-order valence-electron chi connectivity index (χ0n) is 25.1. The Labute approximate surface area is 247 Å². The molecule has 0 fully saturated rings. The Morgan fingerprint density at radius 2 is 1.50 bits per heavy atom. The number of esters is 1. The van der Waals surface area contributed by atoms with Gasteiger partial charge in [-0.1, -0.05) is 67.6 Å². The van der Waals surface area contributed by atoms with E-state index in [1.807, 2.05) is 74.5 Å². The lowest BCUT2D eigenvalue weighted by atomic mass is 9.96. The first-order valence-electron chi connectivity index (χ1n) is 14.2. The van der Waals surface area contributed by atoms with E-state index in [0.29, 0.717) is 19.5 Å². The highest BCUT2D eigenvalue weighted by molar-refractivity contribution is 5.90. The van der Waals surface area contributed by atoms with Crippen LogP contribution >= 0.6 is 0 Å². The second kappa shape index (κ2) is 14.5. The molecule has 10 heteroatoms. The molecule has 0 unspecified atom stereocenters. The summed E-state index contributed by atoms with van der Waals surface area (Å²) in [6.07, 6.45) is -0.833. The maximum Gasteiger partial charge on any atom is 0.408 e. The van der Waals surface area contributed by atoms with Crippen LogP contribution in [0.4, 0.5) is 4.79 Å². The Morgan fingerprint density at radius 3 is 1.98 bits per heavy atom. The number of nitrogens with one attached hydrogen (secondary N) is 2. The van der Waals surface area contributed by atoms with Crippen molar-refractivity contribution in [1.82, 2.24) is 15.5 Å². The zero-order chi connectivity index (χ0) is 30.9. The van der Waals surface area contributed by atoms with E-state index in [1.165, 1.54) is 13.0 Å². The van der Waals surface area contributed by atoms with Crippen LogP contribution in [0.2, 0.25) is 0 Å². The maximum absolute atomic E-state index is 13.7. The molecule has 0 aliphatic carbocycles. The van der Waals surface area contributed by atoms with E-state index in [2.05, 4.69) is 10.6 Å². The van der Waals surface area contributed by atoms with Crippen LogP contribution in [0.3, 0.4) is 0 Å². The van der Waals surface area contributed by atoms with Gasteiger partial charge in [0, 0.05) is 20.0 Å². The molecule has 0 saturated carbocycles. The third kappa shape index (κ3) is 8.83. The fraction of sp³-hybridized carbons (Fsp3) is 0.438. The molecule has 226 valence electrons. The molecule has 0 spiro atoms. The van der Waals surface area contributed by atoms with Crippen LogP contribution < -0.4 is 10.6 Å². The van der Waals surface area contributed by atoms with E-state index in [4.69, 9.17) is 14.2 Å². The van der Waals surface area contributed by atoms with E-state index < -0.39 is 53.8 Å². The molecule has 1 aliphatic rings. The van der Waals surface area contributed by atoms with Gasteiger partial charge in [0.1, 0.15) is 5.60 Å². The zero-order valence-corrected chi connectivity index (χ0v) is 25.1. The number of alkyl carbamates (subject to hydrolysis) is 1. The molecule has 2 aromatic rings. The number of benzene rings is 2. The highest BCUT2D eigenvalue weighted by Gasteiger charge is 2.44. The van der Waals surface area contributed by atoms with Gasteiger partial charge >= 0.3 is 12.1 Å². The largest absolute Gasteiger partial charge is 0.471 e. The Balaban J connectivity index is 2.03. The number of carbonyl (C=O) groups is 4. The van der Waals surface area contributed by atoms with E-state index in [0.717, 1.165) is 11.1 Å². The summed E-state index contributed by atoms with van der Waals surface area (Å²) in [7, 11) is 0. The Hall–Kier alpha value is -4.34. The Morgan fingerprint density at radius 1 is 0.929 bits per heavy atom. The quantitative estimate of drug-likeness (QED) is 0.403. The van der Waals surface area contributed by atoms with Gasteiger partial charge in [-0.25, -0.2) is 9.59 Å². The number of carbonyl (C=O) groups excluding carboxylic acids is 4. The number of ether oxygens (including phenoxy) is 3. The van der Waals surface area contributed by atoms with E-state index in [1.54, 1.807) is 25.7 Å². The second-order valence-corrected chi connectivity index (χ2v) is 11.0. The van der Waals surface area contributed by atoms with Crippen molar-refractivity contribution in [2.24, 2.45) is 0 Å². The fourth-order valence-corrected chi connectivity index (χ4v) is 4.62. The lowest BCUT2D eigenvalue weighted by Gasteiger charge is -2.38. The highest BCUT2D eigenvalue weighted by atomic mass is 16.6. The van der Waals surface area contributed by atoms with Gasteiger partial charge in [0.05, 0.1) is 12.1 Å². The van der Waals surface area contributed by atoms with E-state index in [-0.39, 0.29) is 5.76 Å². The third-order valence-corrected chi connectivity index (χ3v) is 6.41. The molecule has 0 aromatic heterocycles. The molecule has 42 heavy (non-hydrogen) atoms. The topological polar surface area (TPSA) is 123 Å². The summed E-state index contributed by atoms with van der Waals surface area (Å²) >= 11 is 0. The van der Waals surface area contributed by atoms with Crippen molar-refractivity contribution in [2.75, 3.05) is 13.1 Å². The molecular formula is C32H41N3O7. The van der Waals surface area contributed by atoms with E-state index >= 15 is 0 Å². The van der Waals surface area contributed by atoms with Crippen LogP contribution in [-0.2, 0) is 28.6 Å². The van der Waals surface area contributed by atoms with Crippen molar-refractivity contribution in [2.45, 2.75) is 77.9 Å². The average Bonchev–Trinajstić information content (AvgIpc) is 2.94. The molecule has 10 nitrogen and oxygen atoms in total. The molecule has 0 saturated heterocycles. The van der Waals surface area contributed by atoms with Crippen LogP contribution in [0, 0.1) is 0 Å². The van der Waals surface area contributed by atoms with Crippen molar-refractivity contribution < 1.29 is 33.4 Å². The minimum absolute atomic E-state index is 0.263. The van der Waals surface area contributed by atoms with Crippen molar-refractivity contribution >= 4 is 23.9 Å². The van der Waals surface area contributed by atoms with Gasteiger partial charge < -0.3 is 29.7 Å². The third-order valence-electron chi connectivity index (χ3n) is 6.41. The van der Waals surface area contributed by atoms with Crippen LogP contribution in [-0.4, -0.2) is 65.7 Å². The summed E-state index contributed by atoms with van der Waals surface area (Å²) in [6, 6.07) is 16.4. The lowest BCUT2D eigenvalue weighted by Crippen LogP contribution is -2.63. The van der Waals surface area contributed by atoms with Crippen molar-refractivity contribution in [3.05, 3.63) is 83.6 Å². The van der Waals surface area contributed by atoms with Gasteiger partial charge in [-0.3, -0.25) is 9.59 Å². The predicted molar refractivity (Wildman–Crippen MR) is 157 cm³/mol. The molecule has 2 aromatic carbocycles. The summed E-state index contributed by atoms with van der Waals surface area (Å²) in [5.74, 6) is -1.97. The standard InChI is InChI=1S/C32H41N3O7/c1-7-19-35(8-2)29(37)28-26(33-21(3)36)24(34-31(39)42-32(4,5)6)20-25(40-28)30(38)41-27(22-15-11-9-12-16-22)23-17-13-10-14-18-23/h9-18,20,24,26-28H,7-8,19H2,1-6H3,(H,33,36)(H,34,39)/t24-,26+,28+/m0/s1. The predicted octanol–water partition coefficient (Wildman–Crippen LogP) is 4.26. The summed E-state index contributed by atoms with van der Waals surface area (Å²) in [5.41, 5.74) is 0.666. The molecule has 0 radical (unpaired) electrons. The molecule has 1 heterocycles. The lowest BCUT2D eigenvalue weighted by molar-refractivity contribution is -0.154. The van der Waals surface area contributed by atoms with Gasteiger partial charge in [-0.15, -0.1) is 0 Å². The van der Waals surface area contributed by atoms with Crippen molar-refractivity contribution in [3.63, 3.8) is 0 Å².